The van der Waals surface area contributed by atoms with Crippen molar-refractivity contribution < 1.29 is 9.53 Å². The Bertz CT molecular complexity index is 585. The number of nitrogens with two attached hydrogens (primary N) is 1. The molecule has 0 fully saturated rings. The molecule has 2 aromatic rings. The molecule has 3 N–H and O–H groups in total. The Labute approximate surface area is 118 Å². The van der Waals surface area contributed by atoms with Crippen LogP contribution in [0.15, 0.2) is 28.7 Å². The third-order valence-corrected chi connectivity index (χ3v) is 3.25. The van der Waals surface area contributed by atoms with Gasteiger partial charge in [-0.2, -0.15) is 4.98 Å². The van der Waals surface area contributed by atoms with E-state index in [0.29, 0.717) is 12.4 Å². The van der Waals surface area contributed by atoms with Gasteiger partial charge in [0.15, 0.2) is 0 Å². The van der Waals surface area contributed by atoms with Gasteiger partial charge in [-0.05, 0) is 18.6 Å². The number of hydrogen-bond acceptors (Lipinski definition) is 5. The molecule has 0 radical (unpaired) electrons. The Hall–Kier alpha value is -1.89. The van der Waals surface area contributed by atoms with Crippen LogP contribution in [0.25, 0.3) is 0 Å². The number of H-pyrrole nitrogens is 1. The number of nitrogens with zero attached hydrogens (tertiary/aromatic N) is 2. The number of hydrogen-bond donors (Lipinski definition) is 2. The van der Waals surface area contributed by atoms with E-state index < -0.39 is 11.9 Å². The number of nitrogen functional groups attached to an aromatic ring is 1. The zero-order chi connectivity index (χ0) is 13.8. The van der Waals surface area contributed by atoms with E-state index in [9.17, 15) is 4.79 Å². The third kappa shape index (κ3) is 2.93. The molecule has 1 aromatic carbocycles. The second-order valence-corrected chi connectivity index (χ2v) is 4.64. The van der Waals surface area contributed by atoms with E-state index in [1.54, 1.807) is 6.92 Å². The zero-order valence-electron chi connectivity index (χ0n) is 10.3. The molecule has 0 aliphatic rings. The lowest BCUT2D eigenvalue weighted by Crippen LogP contribution is -2.19. The second-order valence-electron chi connectivity index (χ2n) is 3.79. The normalized spacial score (nSPS) is 12.1. The Kier molecular flexibility index (Phi) is 4.16. The van der Waals surface area contributed by atoms with E-state index >= 15 is 0 Å². The topological polar surface area (TPSA) is 93.9 Å². The highest BCUT2D eigenvalue weighted by Gasteiger charge is 2.29. The first kappa shape index (κ1) is 13.5. The molecule has 0 spiro atoms. The van der Waals surface area contributed by atoms with Crippen molar-refractivity contribution in [2.75, 3.05) is 12.3 Å². The van der Waals surface area contributed by atoms with Crippen LogP contribution in [-0.4, -0.2) is 27.8 Å². The molecule has 0 saturated carbocycles. The van der Waals surface area contributed by atoms with E-state index in [1.165, 1.54) is 0 Å². The van der Waals surface area contributed by atoms with Gasteiger partial charge in [-0.1, -0.05) is 34.1 Å². The maximum absolute atomic E-state index is 12.1. The molecule has 1 atom stereocenters. The summed E-state index contributed by atoms with van der Waals surface area (Å²) >= 11 is 3.42. The average Bonchev–Trinajstić information content (AvgIpc) is 2.79. The molecule has 1 aromatic heterocycles. The number of aromatic amines is 1. The van der Waals surface area contributed by atoms with Gasteiger partial charge in [0.25, 0.3) is 0 Å². The summed E-state index contributed by atoms with van der Waals surface area (Å²) < 4.78 is 5.88. The lowest BCUT2D eigenvalue weighted by Gasteiger charge is -2.14. The third-order valence-electron chi connectivity index (χ3n) is 2.53. The van der Waals surface area contributed by atoms with Crippen LogP contribution >= 0.6 is 15.9 Å². The molecule has 1 heterocycles. The van der Waals surface area contributed by atoms with Crippen LogP contribution in [0.2, 0.25) is 0 Å². The van der Waals surface area contributed by atoms with Gasteiger partial charge in [0, 0.05) is 4.47 Å². The molecule has 6 nitrogen and oxygen atoms in total. The lowest BCUT2D eigenvalue weighted by molar-refractivity contribution is -0.144. The number of halogens is 1. The van der Waals surface area contributed by atoms with Crippen molar-refractivity contribution in [3.63, 3.8) is 0 Å². The lowest BCUT2D eigenvalue weighted by atomic mass is 9.98. The van der Waals surface area contributed by atoms with E-state index in [0.717, 1.165) is 10.0 Å². The summed E-state index contributed by atoms with van der Waals surface area (Å²) in [4.78, 5) is 16.2. The fourth-order valence-corrected chi connectivity index (χ4v) is 2.25. The fraction of sp³-hybridized carbons (Fsp3) is 0.250. The number of anilines is 1. The zero-order valence-corrected chi connectivity index (χ0v) is 11.8. The molecule has 100 valence electrons. The number of esters is 1. The molecule has 7 heteroatoms. The number of carbonyl (C=O) groups excluding carboxylic acids is 1. The Morgan fingerprint density at radius 2 is 2.26 bits per heavy atom. The largest absolute Gasteiger partial charge is 0.465 e. The van der Waals surface area contributed by atoms with Gasteiger partial charge < -0.3 is 10.5 Å². The molecule has 19 heavy (non-hydrogen) atoms. The van der Waals surface area contributed by atoms with Crippen molar-refractivity contribution in [2.24, 2.45) is 0 Å². The minimum atomic E-state index is -0.680. The van der Waals surface area contributed by atoms with E-state index in [1.807, 2.05) is 24.3 Å². The summed E-state index contributed by atoms with van der Waals surface area (Å²) in [5.74, 6) is -0.620. The Morgan fingerprint density at radius 1 is 1.53 bits per heavy atom. The first-order valence-corrected chi connectivity index (χ1v) is 6.51. The van der Waals surface area contributed by atoms with Crippen molar-refractivity contribution in [1.82, 2.24) is 15.2 Å². The van der Waals surface area contributed by atoms with E-state index in [4.69, 9.17) is 10.5 Å². The van der Waals surface area contributed by atoms with Gasteiger partial charge in [-0.3, -0.25) is 9.89 Å². The van der Waals surface area contributed by atoms with Gasteiger partial charge >= 0.3 is 5.97 Å². The molecular weight excluding hydrogens is 312 g/mol. The van der Waals surface area contributed by atoms with Crippen LogP contribution < -0.4 is 5.73 Å². The van der Waals surface area contributed by atoms with E-state index in [2.05, 4.69) is 31.1 Å². The average molecular weight is 325 g/mol. The highest BCUT2D eigenvalue weighted by molar-refractivity contribution is 9.10. The van der Waals surface area contributed by atoms with Gasteiger partial charge in [-0.15, -0.1) is 5.10 Å². The standard InChI is InChI=1S/C12H13BrN4O2/c1-2-19-11(18)9(10-15-12(14)17-16-10)7-5-3-4-6-8(7)13/h3-6,9H,2H2,1H3,(H3,14,15,16,17). The van der Waals surface area contributed by atoms with Crippen molar-refractivity contribution in [3.8, 4) is 0 Å². The van der Waals surface area contributed by atoms with Crippen molar-refractivity contribution in [3.05, 3.63) is 40.1 Å². The highest BCUT2D eigenvalue weighted by atomic mass is 79.9. The number of nitrogens with one attached hydrogen (secondary N) is 1. The first-order chi connectivity index (χ1) is 9.13. The fourth-order valence-electron chi connectivity index (χ4n) is 1.74. The molecule has 1 unspecified atom stereocenters. The maximum atomic E-state index is 12.1. The summed E-state index contributed by atoms with van der Waals surface area (Å²) in [6, 6.07) is 7.38. The predicted octanol–water partition coefficient (Wildman–Crippen LogP) is 1.84. The second kappa shape index (κ2) is 5.83. The SMILES string of the molecule is CCOC(=O)C(c1nc(N)n[nH]1)c1ccccc1Br. The van der Waals surface area contributed by atoms with E-state index in [-0.39, 0.29) is 5.95 Å². The van der Waals surface area contributed by atoms with Gasteiger partial charge in [-0.25, -0.2) is 0 Å². The molecule has 2 rings (SSSR count). The minimum absolute atomic E-state index is 0.0938. The number of carbonyl (C=O) groups is 1. The van der Waals surface area contributed by atoms with Crippen LogP contribution in [0.4, 0.5) is 5.95 Å². The van der Waals surface area contributed by atoms with Gasteiger partial charge in [0.05, 0.1) is 6.61 Å². The minimum Gasteiger partial charge on any atom is -0.465 e. The monoisotopic (exact) mass is 324 g/mol. The van der Waals surface area contributed by atoms with Gasteiger partial charge in [0.2, 0.25) is 5.95 Å². The van der Waals surface area contributed by atoms with Crippen molar-refractivity contribution in [1.29, 1.82) is 0 Å². The van der Waals surface area contributed by atoms with Crippen LogP contribution in [0.5, 0.6) is 0 Å². The van der Waals surface area contributed by atoms with Crippen LogP contribution in [-0.2, 0) is 9.53 Å². The Morgan fingerprint density at radius 3 is 2.84 bits per heavy atom. The molecule has 0 aliphatic carbocycles. The Balaban J connectivity index is 2.46. The molecule has 0 amide bonds. The molecule has 0 bridgehead atoms. The van der Waals surface area contributed by atoms with Crippen molar-refractivity contribution in [2.45, 2.75) is 12.8 Å². The van der Waals surface area contributed by atoms with Crippen LogP contribution in [0.3, 0.4) is 0 Å². The summed E-state index contributed by atoms with van der Waals surface area (Å²) in [6.45, 7) is 2.05. The molecular formula is C12H13BrN4O2. The molecule has 0 aliphatic heterocycles. The predicted molar refractivity (Wildman–Crippen MR) is 73.4 cm³/mol. The summed E-state index contributed by atoms with van der Waals surface area (Å²) in [5, 5.41) is 6.42. The smallest absolute Gasteiger partial charge is 0.321 e. The number of benzene rings is 1. The summed E-state index contributed by atoms with van der Waals surface area (Å²) in [5.41, 5.74) is 6.24. The van der Waals surface area contributed by atoms with Crippen LogP contribution in [0, 0.1) is 0 Å². The van der Waals surface area contributed by atoms with Crippen molar-refractivity contribution >= 4 is 27.8 Å². The summed E-state index contributed by atoms with van der Waals surface area (Å²) in [7, 11) is 0. The number of aromatic nitrogens is 3. The quantitative estimate of drug-likeness (QED) is 0.837. The highest BCUT2D eigenvalue weighted by Crippen LogP contribution is 2.29. The maximum Gasteiger partial charge on any atom is 0.321 e. The first-order valence-electron chi connectivity index (χ1n) is 5.72. The number of rotatable bonds is 4. The summed E-state index contributed by atoms with van der Waals surface area (Å²) in [6.07, 6.45) is 0. The van der Waals surface area contributed by atoms with Crippen LogP contribution in [0.1, 0.15) is 24.2 Å². The van der Waals surface area contributed by atoms with Gasteiger partial charge in [0.1, 0.15) is 11.7 Å². The molecule has 0 saturated heterocycles. The number of ether oxygens (including phenoxy) is 1.